The molecule has 0 heterocycles. The topological polar surface area (TPSA) is 52.3 Å². The van der Waals surface area contributed by atoms with E-state index in [4.69, 9.17) is 10.5 Å². The van der Waals surface area contributed by atoms with Gasteiger partial charge in [-0.05, 0) is 40.0 Å². The van der Waals surface area contributed by atoms with Crippen molar-refractivity contribution in [2.24, 2.45) is 5.73 Å². The molecule has 0 aromatic carbocycles. The molecule has 0 aliphatic heterocycles. The predicted molar refractivity (Wildman–Crippen MR) is 67.1 cm³/mol. The zero-order valence-corrected chi connectivity index (χ0v) is 10.8. The van der Waals surface area contributed by atoms with Crippen LogP contribution in [0.3, 0.4) is 0 Å². The molecule has 0 unspecified atom stereocenters. The minimum atomic E-state index is -0.0969. The first-order valence-corrected chi connectivity index (χ1v) is 6.10. The second-order valence-electron chi connectivity index (χ2n) is 4.33. The summed E-state index contributed by atoms with van der Waals surface area (Å²) in [6, 6.07) is 0.220. The van der Waals surface area contributed by atoms with Gasteiger partial charge in [0.15, 0.2) is 0 Å². The standard InChI is InChI=1S/C13H25NO2/c1-4-16-13(15)8-6-5-7-12(14)10-9-11(2)3/h9,12H,4-8,10,14H2,1-3H3/t12-/m1/s1. The number of nitrogens with two attached hydrogens (primary N) is 1. The Morgan fingerprint density at radius 1 is 1.38 bits per heavy atom. The third-order valence-corrected chi connectivity index (χ3v) is 2.34. The molecule has 16 heavy (non-hydrogen) atoms. The van der Waals surface area contributed by atoms with E-state index in [0.29, 0.717) is 13.0 Å². The highest BCUT2D eigenvalue weighted by Crippen LogP contribution is 2.07. The lowest BCUT2D eigenvalue weighted by atomic mass is 10.1. The number of carbonyl (C=O) groups is 1. The van der Waals surface area contributed by atoms with Crippen molar-refractivity contribution in [3.63, 3.8) is 0 Å². The quantitative estimate of drug-likeness (QED) is 0.394. The monoisotopic (exact) mass is 227 g/mol. The minimum absolute atomic E-state index is 0.0969. The lowest BCUT2D eigenvalue weighted by Gasteiger charge is -2.08. The zero-order chi connectivity index (χ0) is 12.4. The fraction of sp³-hybridized carbons (Fsp3) is 0.769. The van der Waals surface area contributed by atoms with Gasteiger partial charge >= 0.3 is 5.97 Å². The average Bonchev–Trinajstić information content (AvgIpc) is 2.22. The van der Waals surface area contributed by atoms with Gasteiger partial charge in [-0.25, -0.2) is 0 Å². The molecule has 0 aliphatic carbocycles. The van der Waals surface area contributed by atoms with Crippen molar-refractivity contribution < 1.29 is 9.53 Å². The fourth-order valence-electron chi connectivity index (χ4n) is 1.41. The van der Waals surface area contributed by atoms with Gasteiger partial charge in [-0.3, -0.25) is 4.79 Å². The number of hydrogen-bond donors (Lipinski definition) is 1. The van der Waals surface area contributed by atoms with Crippen LogP contribution < -0.4 is 5.73 Å². The molecule has 0 aliphatic rings. The van der Waals surface area contributed by atoms with E-state index < -0.39 is 0 Å². The molecule has 0 spiro atoms. The van der Waals surface area contributed by atoms with E-state index >= 15 is 0 Å². The van der Waals surface area contributed by atoms with Crippen LogP contribution in [0.2, 0.25) is 0 Å². The van der Waals surface area contributed by atoms with Crippen molar-refractivity contribution in [1.82, 2.24) is 0 Å². The number of rotatable bonds is 8. The summed E-state index contributed by atoms with van der Waals surface area (Å²) >= 11 is 0. The Hall–Kier alpha value is -0.830. The second kappa shape index (κ2) is 9.40. The van der Waals surface area contributed by atoms with Gasteiger partial charge in [0, 0.05) is 12.5 Å². The van der Waals surface area contributed by atoms with E-state index in [0.717, 1.165) is 25.7 Å². The first-order valence-electron chi connectivity index (χ1n) is 6.10. The molecule has 0 aromatic heterocycles. The Bertz CT molecular complexity index is 220. The van der Waals surface area contributed by atoms with E-state index in [1.165, 1.54) is 5.57 Å². The van der Waals surface area contributed by atoms with Gasteiger partial charge in [-0.1, -0.05) is 18.1 Å². The van der Waals surface area contributed by atoms with Crippen molar-refractivity contribution in [2.75, 3.05) is 6.61 Å². The van der Waals surface area contributed by atoms with Gasteiger partial charge in [0.2, 0.25) is 0 Å². The molecule has 0 rings (SSSR count). The van der Waals surface area contributed by atoms with Crippen LogP contribution in [-0.4, -0.2) is 18.6 Å². The lowest BCUT2D eigenvalue weighted by Crippen LogP contribution is -2.18. The molecule has 0 bridgehead atoms. The van der Waals surface area contributed by atoms with E-state index in [2.05, 4.69) is 19.9 Å². The first kappa shape index (κ1) is 15.2. The van der Waals surface area contributed by atoms with E-state index in [1.54, 1.807) is 0 Å². The highest BCUT2D eigenvalue weighted by Gasteiger charge is 2.03. The van der Waals surface area contributed by atoms with Crippen molar-refractivity contribution in [2.45, 2.75) is 58.9 Å². The molecule has 0 saturated heterocycles. The Balaban J connectivity index is 3.44. The number of esters is 1. The molecule has 0 saturated carbocycles. The number of allylic oxidation sites excluding steroid dienone is 1. The van der Waals surface area contributed by atoms with Crippen molar-refractivity contribution >= 4 is 5.97 Å². The summed E-state index contributed by atoms with van der Waals surface area (Å²) in [7, 11) is 0. The van der Waals surface area contributed by atoms with Crippen molar-refractivity contribution in [3.8, 4) is 0 Å². The molecule has 0 aromatic rings. The lowest BCUT2D eigenvalue weighted by molar-refractivity contribution is -0.143. The predicted octanol–water partition coefficient (Wildman–Crippen LogP) is 2.79. The fourth-order valence-corrected chi connectivity index (χ4v) is 1.41. The highest BCUT2D eigenvalue weighted by atomic mass is 16.5. The summed E-state index contributed by atoms with van der Waals surface area (Å²) in [4.78, 5) is 11.0. The summed E-state index contributed by atoms with van der Waals surface area (Å²) in [6.45, 7) is 6.45. The summed E-state index contributed by atoms with van der Waals surface area (Å²) in [5, 5.41) is 0. The summed E-state index contributed by atoms with van der Waals surface area (Å²) in [6.07, 6.45) is 6.46. The van der Waals surface area contributed by atoms with E-state index in [-0.39, 0.29) is 12.0 Å². The smallest absolute Gasteiger partial charge is 0.305 e. The van der Waals surface area contributed by atoms with E-state index in [9.17, 15) is 4.79 Å². The van der Waals surface area contributed by atoms with E-state index in [1.807, 2.05) is 6.92 Å². The first-order chi connectivity index (χ1) is 7.56. The second-order valence-corrected chi connectivity index (χ2v) is 4.33. The SMILES string of the molecule is CCOC(=O)CCCC[C@@H](N)CC=C(C)C. The van der Waals surface area contributed by atoms with Gasteiger partial charge in [0.05, 0.1) is 6.61 Å². The van der Waals surface area contributed by atoms with Gasteiger partial charge in [-0.15, -0.1) is 0 Å². The maximum Gasteiger partial charge on any atom is 0.305 e. The van der Waals surface area contributed by atoms with Crippen LogP contribution in [0.4, 0.5) is 0 Å². The Labute approximate surface area is 99.0 Å². The zero-order valence-electron chi connectivity index (χ0n) is 10.8. The van der Waals surface area contributed by atoms with Gasteiger partial charge in [0.25, 0.3) is 0 Å². The van der Waals surface area contributed by atoms with Gasteiger partial charge < -0.3 is 10.5 Å². The molecular formula is C13H25NO2. The molecule has 1 atom stereocenters. The average molecular weight is 227 g/mol. The molecule has 3 nitrogen and oxygen atoms in total. The Morgan fingerprint density at radius 3 is 2.62 bits per heavy atom. The maximum atomic E-state index is 11.0. The molecule has 94 valence electrons. The van der Waals surface area contributed by atoms with Crippen LogP contribution in [0.5, 0.6) is 0 Å². The number of unbranched alkanes of at least 4 members (excludes halogenated alkanes) is 1. The largest absolute Gasteiger partial charge is 0.466 e. The summed E-state index contributed by atoms with van der Waals surface area (Å²) in [5.74, 6) is -0.0969. The van der Waals surface area contributed by atoms with Gasteiger partial charge in [-0.2, -0.15) is 0 Å². The molecule has 2 N–H and O–H groups in total. The van der Waals surface area contributed by atoms with Crippen LogP contribution >= 0.6 is 0 Å². The Kier molecular flexibility index (Phi) is 8.91. The Morgan fingerprint density at radius 2 is 2.06 bits per heavy atom. The minimum Gasteiger partial charge on any atom is -0.466 e. The number of carbonyl (C=O) groups excluding carboxylic acids is 1. The molecule has 3 heteroatoms. The third kappa shape index (κ3) is 9.71. The van der Waals surface area contributed by atoms with Gasteiger partial charge in [0.1, 0.15) is 0 Å². The van der Waals surface area contributed by atoms with Crippen LogP contribution in [0.15, 0.2) is 11.6 Å². The van der Waals surface area contributed by atoms with Crippen molar-refractivity contribution in [3.05, 3.63) is 11.6 Å². The van der Waals surface area contributed by atoms with Crippen LogP contribution in [0.1, 0.15) is 52.9 Å². The van der Waals surface area contributed by atoms with Crippen LogP contribution in [0, 0.1) is 0 Å². The molecular weight excluding hydrogens is 202 g/mol. The molecule has 0 amide bonds. The normalized spacial score (nSPS) is 12.0. The maximum absolute atomic E-state index is 11.0. The highest BCUT2D eigenvalue weighted by molar-refractivity contribution is 5.69. The number of hydrogen-bond acceptors (Lipinski definition) is 3. The van der Waals surface area contributed by atoms with Crippen LogP contribution in [0.25, 0.3) is 0 Å². The van der Waals surface area contributed by atoms with Crippen LogP contribution in [-0.2, 0) is 9.53 Å². The molecule has 0 fully saturated rings. The summed E-state index contributed by atoms with van der Waals surface area (Å²) in [5.41, 5.74) is 7.24. The summed E-state index contributed by atoms with van der Waals surface area (Å²) < 4.78 is 4.85. The number of ether oxygens (including phenoxy) is 1. The van der Waals surface area contributed by atoms with Crippen molar-refractivity contribution in [1.29, 1.82) is 0 Å². The molecule has 0 radical (unpaired) electrons. The third-order valence-electron chi connectivity index (χ3n) is 2.34.